The monoisotopic (exact) mass is 209 g/mol. The van der Waals surface area contributed by atoms with Gasteiger partial charge >= 0.3 is 0 Å². The third-order valence-corrected chi connectivity index (χ3v) is 2.53. The van der Waals surface area contributed by atoms with Gasteiger partial charge in [0, 0.05) is 13.1 Å². The van der Waals surface area contributed by atoms with Gasteiger partial charge in [-0.25, -0.2) is 0 Å². The van der Waals surface area contributed by atoms with Crippen LogP contribution in [0, 0.1) is 0 Å². The van der Waals surface area contributed by atoms with E-state index in [0.29, 0.717) is 0 Å². The van der Waals surface area contributed by atoms with E-state index in [1.54, 1.807) is 12.1 Å². The first-order valence-electron chi connectivity index (χ1n) is 5.05. The molecule has 1 aromatic rings. The van der Waals surface area contributed by atoms with Crippen molar-refractivity contribution in [1.29, 1.82) is 0 Å². The molecule has 0 saturated carbocycles. The van der Waals surface area contributed by atoms with Crippen molar-refractivity contribution in [3.05, 3.63) is 23.8 Å². The summed E-state index contributed by atoms with van der Waals surface area (Å²) in [5.41, 5.74) is 0.879. The fourth-order valence-electron chi connectivity index (χ4n) is 1.73. The molecule has 1 heterocycles. The lowest BCUT2D eigenvalue weighted by atomic mass is 10.1. The Kier molecular flexibility index (Phi) is 2.79. The third-order valence-electron chi connectivity index (χ3n) is 2.53. The van der Waals surface area contributed by atoms with Gasteiger partial charge in [-0.2, -0.15) is 0 Å². The van der Waals surface area contributed by atoms with Gasteiger partial charge in [-0.1, -0.05) is 6.07 Å². The lowest BCUT2D eigenvalue weighted by molar-refractivity contribution is -0.0288. The minimum atomic E-state index is -0.102. The Morgan fingerprint density at radius 1 is 1.27 bits per heavy atom. The van der Waals surface area contributed by atoms with E-state index in [4.69, 9.17) is 4.74 Å². The van der Waals surface area contributed by atoms with Crippen LogP contribution in [0.4, 0.5) is 0 Å². The van der Waals surface area contributed by atoms with Crippen molar-refractivity contribution >= 4 is 0 Å². The van der Waals surface area contributed by atoms with Crippen LogP contribution in [0.5, 0.6) is 11.5 Å². The maximum absolute atomic E-state index is 9.37. The van der Waals surface area contributed by atoms with E-state index in [2.05, 4.69) is 5.32 Å². The molecule has 1 aromatic carbocycles. The van der Waals surface area contributed by atoms with Crippen LogP contribution in [0.3, 0.4) is 0 Å². The highest BCUT2D eigenvalue weighted by molar-refractivity contribution is 5.41. The molecule has 3 N–H and O–H groups in total. The van der Waals surface area contributed by atoms with Gasteiger partial charge in [0.15, 0.2) is 11.5 Å². The molecule has 1 aliphatic rings. The molecule has 1 fully saturated rings. The maximum atomic E-state index is 9.37. The van der Waals surface area contributed by atoms with E-state index in [0.717, 1.165) is 18.7 Å². The number of nitrogens with one attached hydrogen (secondary N) is 1. The highest BCUT2D eigenvalue weighted by Crippen LogP contribution is 2.30. The van der Waals surface area contributed by atoms with Crippen LogP contribution in [0.1, 0.15) is 18.6 Å². The van der Waals surface area contributed by atoms with Gasteiger partial charge < -0.3 is 20.3 Å². The summed E-state index contributed by atoms with van der Waals surface area (Å²) in [6.07, 6.45) is 0.111. The molecule has 1 aliphatic heterocycles. The van der Waals surface area contributed by atoms with Crippen molar-refractivity contribution in [2.24, 2.45) is 0 Å². The summed E-state index contributed by atoms with van der Waals surface area (Å²) >= 11 is 0. The molecule has 0 amide bonds. The Bertz CT molecular complexity index is 354. The van der Waals surface area contributed by atoms with Gasteiger partial charge in [-0.15, -0.1) is 0 Å². The Morgan fingerprint density at radius 2 is 2.07 bits per heavy atom. The van der Waals surface area contributed by atoms with Crippen LogP contribution in [0.2, 0.25) is 0 Å². The second-order valence-electron chi connectivity index (χ2n) is 3.84. The summed E-state index contributed by atoms with van der Waals surface area (Å²) in [5, 5.41) is 21.8. The molecule has 82 valence electrons. The average molecular weight is 209 g/mol. The summed E-state index contributed by atoms with van der Waals surface area (Å²) in [6, 6.07) is 4.78. The quantitative estimate of drug-likeness (QED) is 0.607. The molecule has 4 heteroatoms. The SMILES string of the molecule is CC1CNCC(c2ccc(O)c(O)c2)O1. The fourth-order valence-corrected chi connectivity index (χ4v) is 1.73. The van der Waals surface area contributed by atoms with Crippen LogP contribution < -0.4 is 5.32 Å². The highest BCUT2D eigenvalue weighted by atomic mass is 16.5. The van der Waals surface area contributed by atoms with Gasteiger partial charge in [0.1, 0.15) is 0 Å². The molecule has 15 heavy (non-hydrogen) atoms. The van der Waals surface area contributed by atoms with E-state index in [1.165, 1.54) is 6.07 Å². The molecular weight excluding hydrogens is 194 g/mol. The Balaban J connectivity index is 2.18. The van der Waals surface area contributed by atoms with Gasteiger partial charge in [0.25, 0.3) is 0 Å². The first-order valence-corrected chi connectivity index (χ1v) is 5.05. The van der Waals surface area contributed by atoms with E-state index < -0.39 is 0 Å². The predicted octanol–water partition coefficient (Wildman–Crippen LogP) is 1.15. The number of hydrogen-bond acceptors (Lipinski definition) is 4. The molecule has 0 spiro atoms. The molecular formula is C11H15NO3. The maximum Gasteiger partial charge on any atom is 0.157 e. The molecule has 2 atom stereocenters. The number of hydrogen-bond donors (Lipinski definition) is 3. The Morgan fingerprint density at radius 3 is 2.73 bits per heavy atom. The van der Waals surface area contributed by atoms with Crippen molar-refractivity contribution < 1.29 is 14.9 Å². The summed E-state index contributed by atoms with van der Waals surface area (Å²) in [5.74, 6) is -0.204. The molecule has 0 bridgehead atoms. The third kappa shape index (κ3) is 2.22. The second kappa shape index (κ2) is 4.08. The molecule has 2 rings (SSSR count). The van der Waals surface area contributed by atoms with E-state index >= 15 is 0 Å². The minimum Gasteiger partial charge on any atom is -0.504 e. The molecule has 0 aromatic heterocycles. The number of morpholine rings is 1. The topological polar surface area (TPSA) is 61.7 Å². The lowest BCUT2D eigenvalue weighted by Gasteiger charge is -2.29. The van der Waals surface area contributed by atoms with Crippen molar-refractivity contribution in [3.63, 3.8) is 0 Å². The summed E-state index contributed by atoms with van der Waals surface area (Å²) < 4.78 is 5.71. The van der Waals surface area contributed by atoms with E-state index in [-0.39, 0.29) is 23.7 Å². The molecule has 0 aliphatic carbocycles. The number of phenols is 2. The summed E-state index contributed by atoms with van der Waals surface area (Å²) in [4.78, 5) is 0. The van der Waals surface area contributed by atoms with Crippen LogP contribution >= 0.6 is 0 Å². The number of ether oxygens (including phenoxy) is 1. The molecule has 1 saturated heterocycles. The van der Waals surface area contributed by atoms with Crippen molar-refractivity contribution in [2.75, 3.05) is 13.1 Å². The van der Waals surface area contributed by atoms with Crippen LogP contribution in [-0.2, 0) is 4.74 Å². The number of benzene rings is 1. The van der Waals surface area contributed by atoms with Crippen molar-refractivity contribution in [1.82, 2.24) is 5.32 Å². The second-order valence-corrected chi connectivity index (χ2v) is 3.84. The average Bonchev–Trinajstić information content (AvgIpc) is 2.22. The summed E-state index contributed by atoms with van der Waals surface area (Å²) in [6.45, 7) is 3.58. The Hall–Kier alpha value is -1.26. The van der Waals surface area contributed by atoms with E-state index in [1.807, 2.05) is 6.92 Å². The zero-order valence-corrected chi connectivity index (χ0v) is 8.60. The lowest BCUT2D eigenvalue weighted by Crippen LogP contribution is -2.38. The predicted molar refractivity (Wildman–Crippen MR) is 55.9 cm³/mol. The normalized spacial score (nSPS) is 26.5. The van der Waals surface area contributed by atoms with Gasteiger partial charge in [-0.05, 0) is 24.6 Å². The zero-order valence-electron chi connectivity index (χ0n) is 8.60. The fraction of sp³-hybridized carbons (Fsp3) is 0.455. The van der Waals surface area contributed by atoms with Gasteiger partial charge in [0.05, 0.1) is 12.2 Å². The van der Waals surface area contributed by atoms with Gasteiger partial charge in [0.2, 0.25) is 0 Å². The summed E-state index contributed by atoms with van der Waals surface area (Å²) in [7, 11) is 0. The number of aromatic hydroxyl groups is 2. The number of phenolic OH excluding ortho intramolecular Hbond substituents is 2. The first-order chi connectivity index (χ1) is 7.16. The standard InChI is InChI=1S/C11H15NO3/c1-7-5-12-6-11(15-7)8-2-3-9(13)10(14)4-8/h2-4,7,11-14H,5-6H2,1H3. The molecule has 4 nitrogen and oxygen atoms in total. The van der Waals surface area contributed by atoms with Crippen LogP contribution in [0.25, 0.3) is 0 Å². The van der Waals surface area contributed by atoms with Crippen LogP contribution in [-0.4, -0.2) is 29.4 Å². The largest absolute Gasteiger partial charge is 0.504 e. The first kappa shape index (κ1) is 10.3. The van der Waals surface area contributed by atoms with Crippen molar-refractivity contribution in [2.45, 2.75) is 19.1 Å². The van der Waals surface area contributed by atoms with Crippen molar-refractivity contribution in [3.8, 4) is 11.5 Å². The highest BCUT2D eigenvalue weighted by Gasteiger charge is 2.20. The zero-order chi connectivity index (χ0) is 10.8. The van der Waals surface area contributed by atoms with Crippen LogP contribution in [0.15, 0.2) is 18.2 Å². The minimum absolute atomic E-state index is 0.0553. The van der Waals surface area contributed by atoms with E-state index in [9.17, 15) is 10.2 Å². The molecule has 2 unspecified atom stereocenters. The molecule has 0 radical (unpaired) electrons. The number of rotatable bonds is 1. The van der Waals surface area contributed by atoms with Gasteiger partial charge in [-0.3, -0.25) is 0 Å². The smallest absolute Gasteiger partial charge is 0.157 e. The Labute approximate surface area is 88.5 Å².